The maximum atomic E-state index is 11.3. The third-order valence-electron chi connectivity index (χ3n) is 2.12. The fourth-order valence-corrected chi connectivity index (χ4v) is 1.22. The highest BCUT2D eigenvalue weighted by Crippen LogP contribution is 2.01. The molecule has 0 spiro atoms. The monoisotopic (exact) mass is 216 g/mol. The molecule has 84 valence electrons. The Labute approximate surface area is 96.2 Å². The molecule has 1 amide bonds. The van der Waals surface area contributed by atoms with Gasteiger partial charge in [-0.15, -0.1) is 6.42 Å². The van der Waals surface area contributed by atoms with Crippen LogP contribution in [-0.4, -0.2) is 19.0 Å². The number of hydrogen-bond acceptors (Lipinski definition) is 2. The average Bonchev–Trinajstić information content (AvgIpc) is 2.29. The molecule has 0 radical (unpaired) electrons. The van der Waals surface area contributed by atoms with Crippen LogP contribution in [0.5, 0.6) is 0 Å². The molecule has 16 heavy (non-hydrogen) atoms. The van der Waals surface area contributed by atoms with E-state index in [0.717, 1.165) is 5.56 Å². The molecule has 0 atom stereocenters. The summed E-state index contributed by atoms with van der Waals surface area (Å²) in [5.41, 5.74) is 2.31. The Kier molecular flexibility index (Phi) is 5.10. The van der Waals surface area contributed by atoms with Crippen molar-refractivity contribution in [2.24, 2.45) is 0 Å². The molecule has 0 aliphatic carbocycles. The predicted octanol–water partition coefficient (Wildman–Crippen LogP) is 0.834. The molecule has 0 heterocycles. The Morgan fingerprint density at radius 1 is 1.38 bits per heavy atom. The predicted molar refractivity (Wildman–Crippen MR) is 64.7 cm³/mol. The van der Waals surface area contributed by atoms with Gasteiger partial charge in [0.15, 0.2) is 0 Å². The highest BCUT2D eigenvalue weighted by Gasteiger charge is 1.99. The van der Waals surface area contributed by atoms with E-state index in [2.05, 4.69) is 16.6 Å². The summed E-state index contributed by atoms with van der Waals surface area (Å²) in [5.74, 6) is 2.37. The van der Waals surface area contributed by atoms with Gasteiger partial charge in [0.25, 0.3) is 0 Å². The summed E-state index contributed by atoms with van der Waals surface area (Å²) < 4.78 is 0. The topological polar surface area (TPSA) is 41.1 Å². The van der Waals surface area contributed by atoms with Crippen molar-refractivity contribution in [2.75, 3.05) is 13.1 Å². The molecule has 1 aromatic carbocycles. The number of nitrogens with one attached hydrogen (secondary N) is 2. The zero-order valence-corrected chi connectivity index (χ0v) is 9.42. The van der Waals surface area contributed by atoms with Crippen LogP contribution in [0.25, 0.3) is 0 Å². The maximum absolute atomic E-state index is 11.3. The third kappa shape index (κ3) is 4.63. The lowest BCUT2D eigenvalue weighted by Crippen LogP contribution is -2.33. The van der Waals surface area contributed by atoms with Crippen LogP contribution in [0, 0.1) is 19.3 Å². The number of amides is 1. The first-order valence-corrected chi connectivity index (χ1v) is 5.19. The Morgan fingerprint density at radius 3 is 2.69 bits per heavy atom. The van der Waals surface area contributed by atoms with Gasteiger partial charge in [-0.2, -0.15) is 0 Å². The number of hydrogen-bond donors (Lipinski definition) is 2. The Bertz CT molecular complexity index is 376. The minimum absolute atomic E-state index is 0.0455. The van der Waals surface area contributed by atoms with Crippen molar-refractivity contribution >= 4 is 5.91 Å². The van der Waals surface area contributed by atoms with Crippen LogP contribution in [0.15, 0.2) is 24.3 Å². The van der Waals surface area contributed by atoms with E-state index in [1.165, 1.54) is 5.56 Å². The molecule has 0 aliphatic rings. The van der Waals surface area contributed by atoms with Crippen LogP contribution < -0.4 is 10.6 Å². The Morgan fingerprint density at radius 2 is 2.06 bits per heavy atom. The molecular weight excluding hydrogens is 200 g/mol. The highest BCUT2D eigenvalue weighted by molar-refractivity contribution is 5.77. The van der Waals surface area contributed by atoms with Crippen LogP contribution in [0.1, 0.15) is 11.1 Å². The summed E-state index contributed by atoms with van der Waals surface area (Å²) in [6.07, 6.45) is 5.05. The molecule has 0 fully saturated rings. The lowest BCUT2D eigenvalue weighted by molar-refractivity contribution is -0.120. The van der Waals surface area contributed by atoms with Crippen LogP contribution in [0.4, 0.5) is 0 Å². The van der Waals surface area contributed by atoms with Gasteiger partial charge >= 0.3 is 0 Å². The molecule has 0 aromatic heterocycles. The van der Waals surface area contributed by atoms with E-state index >= 15 is 0 Å². The standard InChI is InChI=1S/C13H16N2O/c1-3-8-14-10-13(16)15-9-12-6-4-11(2)5-7-12/h1,4-7,14H,8-10H2,2H3,(H,15,16). The molecule has 0 unspecified atom stereocenters. The van der Waals surface area contributed by atoms with Gasteiger partial charge in [-0.3, -0.25) is 10.1 Å². The molecule has 0 saturated carbocycles. The van der Waals surface area contributed by atoms with Crippen molar-refractivity contribution in [1.82, 2.24) is 10.6 Å². The van der Waals surface area contributed by atoms with E-state index < -0.39 is 0 Å². The molecule has 0 saturated heterocycles. The van der Waals surface area contributed by atoms with E-state index in [0.29, 0.717) is 13.1 Å². The number of carbonyl (C=O) groups excluding carboxylic acids is 1. The molecule has 0 aliphatic heterocycles. The van der Waals surface area contributed by atoms with Crippen LogP contribution in [-0.2, 0) is 11.3 Å². The number of carbonyl (C=O) groups is 1. The van der Waals surface area contributed by atoms with Gasteiger partial charge in [0.05, 0.1) is 13.1 Å². The normalized spacial score (nSPS) is 9.50. The van der Waals surface area contributed by atoms with E-state index in [1.807, 2.05) is 31.2 Å². The molecular formula is C13H16N2O. The third-order valence-corrected chi connectivity index (χ3v) is 2.12. The molecule has 1 aromatic rings. The van der Waals surface area contributed by atoms with Gasteiger partial charge in [-0.25, -0.2) is 0 Å². The molecule has 3 nitrogen and oxygen atoms in total. The first-order chi connectivity index (χ1) is 7.72. The minimum Gasteiger partial charge on any atom is -0.351 e. The quantitative estimate of drug-likeness (QED) is 0.565. The number of aryl methyl sites for hydroxylation is 1. The summed E-state index contributed by atoms with van der Waals surface area (Å²) in [5, 5.41) is 5.64. The SMILES string of the molecule is C#CCNCC(=O)NCc1ccc(C)cc1. The lowest BCUT2D eigenvalue weighted by atomic mass is 10.1. The fraction of sp³-hybridized carbons (Fsp3) is 0.308. The van der Waals surface area contributed by atoms with Crippen molar-refractivity contribution in [3.05, 3.63) is 35.4 Å². The van der Waals surface area contributed by atoms with Crippen molar-refractivity contribution in [1.29, 1.82) is 0 Å². The summed E-state index contributed by atoms with van der Waals surface area (Å²) >= 11 is 0. The van der Waals surface area contributed by atoms with Crippen molar-refractivity contribution < 1.29 is 4.79 Å². The summed E-state index contributed by atoms with van der Waals surface area (Å²) in [4.78, 5) is 11.3. The summed E-state index contributed by atoms with van der Waals surface area (Å²) in [6, 6.07) is 8.06. The van der Waals surface area contributed by atoms with Crippen molar-refractivity contribution in [3.63, 3.8) is 0 Å². The van der Waals surface area contributed by atoms with Gasteiger partial charge in [0.1, 0.15) is 0 Å². The second kappa shape index (κ2) is 6.65. The van der Waals surface area contributed by atoms with Gasteiger partial charge in [0, 0.05) is 6.54 Å². The zero-order valence-electron chi connectivity index (χ0n) is 9.42. The largest absolute Gasteiger partial charge is 0.351 e. The second-order valence-corrected chi connectivity index (χ2v) is 3.57. The average molecular weight is 216 g/mol. The maximum Gasteiger partial charge on any atom is 0.234 e. The summed E-state index contributed by atoms with van der Waals surface area (Å²) in [6.45, 7) is 3.26. The Hall–Kier alpha value is -1.79. The number of terminal acetylenes is 1. The fourth-order valence-electron chi connectivity index (χ4n) is 1.22. The van der Waals surface area contributed by atoms with Crippen molar-refractivity contribution in [3.8, 4) is 12.3 Å². The van der Waals surface area contributed by atoms with Gasteiger partial charge < -0.3 is 5.32 Å². The number of rotatable bonds is 5. The van der Waals surface area contributed by atoms with E-state index in [9.17, 15) is 4.79 Å². The van der Waals surface area contributed by atoms with Crippen LogP contribution >= 0.6 is 0 Å². The van der Waals surface area contributed by atoms with Crippen LogP contribution in [0.2, 0.25) is 0 Å². The van der Waals surface area contributed by atoms with Gasteiger partial charge in [-0.05, 0) is 12.5 Å². The Balaban J connectivity index is 2.26. The lowest BCUT2D eigenvalue weighted by Gasteiger charge is -2.05. The second-order valence-electron chi connectivity index (χ2n) is 3.57. The van der Waals surface area contributed by atoms with E-state index in [-0.39, 0.29) is 12.5 Å². The first kappa shape index (κ1) is 12.3. The summed E-state index contributed by atoms with van der Waals surface area (Å²) in [7, 11) is 0. The van der Waals surface area contributed by atoms with Crippen LogP contribution in [0.3, 0.4) is 0 Å². The zero-order chi connectivity index (χ0) is 11.8. The van der Waals surface area contributed by atoms with E-state index in [4.69, 9.17) is 6.42 Å². The molecule has 3 heteroatoms. The van der Waals surface area contributed by atoms with E-state index in [1.54, 1.807) is 0 Å². The number of benzene rings is 1. The van der Waals surface area contributed by atoms with Crippen molar-refractivity contribution in [2.45, 2.75) is 13.5 Å². The first-order valence-electron chi connectivity index (χ1n) is 5.19. The molecule has 2 N–H and O–H groups in total. The molecule has 1 rings (SSSR count). The smallest absolute Gasteiger partial charge is 0.234 e. The van der Waals surface area contributed by atoms with Gasteiger partial charge in [0.2, 0.25) is 5.91 Å². The highest BCUT2D eigenvalue weighted by atomic mass is 16.1. The van der Waals surface area contributed by atoms with Gasteiger partial charge in [-0.1, -0.05) is 35.7 Å². The minimum atomic E-state index is -0.0455. The molecule has 0 bridgehead atoms.